The van der Waals surface area contributed by atoms with E-state index in [0.717, 1.165) is 37.9 Å². The van der Waals surface area contributed by atoms with Gasteiger partial charge in [-0.15, -0.1) is 0 Å². The molecule has 20 heavy (non-hydrogen) atoms. The lowest BCUT2D eigenvalue weighted by Gasteiger charge is -2.35. The Labute approximate surface area is 117 Å². The topological polar surface area (TPSA) is 70.1 Å². The standard InChI is InChI=1S/C13H17N7/c1-14-12-15-6-3-11(18-12)19-7-9-20(10-8-19)13-16-4-2-5-17-13/h2-6H,7-10H2,1H3,(H,14,15,18). The maximum Gasteiger partial charge on any atom is 0.225 e. The predicted octanol–water partition coefficient (Wildman–Crippen LogP) is 0.635. The first-order valence-corrected chi connectivity index (χ1v) is 6.64. The van der Waals surface area contributed by atoms with E-state index in [1.54, 1.807) is 18.6 Å². The molecular weight excluding hydrogens is 254 g/mol. The molecule has 0 aliphatic carbocycles. The van der Waals surface area contributed by atoms with Gasteiger partial charge in [-0.25, -0.2) is 15.0 Å². The normalized spacial score (nSPS) is 15.2. The highest BCUT2D eigenvalue weighted by molar-refractivity contribution is 5.44. The fourth-order valence-corrected chi connectivity index (χ4v) is 2.24. The quantitative estimate of drug-likeness (QED) is 0.878. The van der Waals surface area contributed by atoms with Crippen molar-refractivity contribution in [3.05, 3.63) is 30.7 Å². The van der Waals surface area contributed by atoms with Crippen molar-refractivity contribution in [1.29, 1.82) is 0 Å². The molecule has 7 nitrogen and oxygen atoms in total. The summed E-state index contributed by atoms with van der Waals surface area (Å²) >= 11 is 0. The van der Waals surface area contributed by atoms with Crippen molar-refractivity contribution < 1.29 is 0 Å². The molecule has 1 fully saturated rings. The van der Waals surface area contributed by atoms with Gasteiger partial charge < -0.3 is 15.1 Å². The minimum absolute atomic E-state index is 0.649. The summed E-state index contributed by atoms with van der Waals surface area (Å²) < 4.78 is 0. The minimum Gasteiger partial charge on any atom is -0.357 e. The minimum atomic E-state index is 0.649. The van der Waals surface area contributed by atoms with Gasteiger partial charge in [0.15, 0.2) is 0 Å². The van der Waals surface area contributed by atoms with E-state index in [9.17, 15) is 0 Å². The van der Waals surface area contributed by atoms with E-state index in [1.165, 1.54) is 0 Å². The maximum atomic E-state index is 4.47. The highest BCUT2D eigenvalue weighted by atomic mass is 15.3. The molecule has 1 aliphatic heterocycles. The largest absolute Gasteiger partial charge is 0.357 e. The zero-order chi connectivity index (χ0) is 13.8. The van der Waals surface area contributed by atoms with Crippen molar-refractivity contribution >= 4 is 17.7 Å². The van der Waals surface area contributed by atoms with Gasteiger partial charge in [-0.2, -0.15) is 4.98 Å². The second kappa shape index (κ2) is 5.68. The second-order valence-electron chi connectivity index (χ2n) is 4.51. The van der Waals surface area contributed by atoms with E-state index >= 15 is 0 Å². The molecule has 0 unspecified atom stereocenters. The summed E-state index contributed by atoms with van der Waals surface area (Å²) in [7, 11) is 1.82. The van der Waals surface area contributed by atoms with Crippen LogP contribution in [0.15, 0.2) is 30.7 Å². The van der Waals surface area contributed by atoms with E-state index in [-0.39, 0.29) is 0 Å². The Bertz CT molecular complexity index is 552. The Kier molecular flexibility index (Phi) is 3.58. The Hall–Kier alpha value is -2.44. The summed E-state index contributed by atoms with van der Waals surface area (Å²) in [6.45, 7) is 3.59. The molecule has 1 saturated heterocycles. The van der Waals surface area contributed by atoms with Crippen LogP contribution in [0.1, 0.15) is 0 Å². The molecule has 1 aliphatic rings. The van der Waals surface area contributed by atoms with E-state index in [0.29, 0.717) is 5.95 Å². The SMILES string of the molecule is CNc1nccc(N2CCN(c3ncccn3)CC2)n1. The molecule has 3 heterocycles. The van der Waals surface area contributed by atoms with Crippen LogP contribution >= 0.6 is 0 Å². The van der Waals surface area contributed by atoms with Crippen molar-refractivity contribution in [3.63, 3.8) is 0 Å². The lowest BCUT2D eigenvalue weighted by molar-refractivity contribution is 0.634. The molecule has 0 bridgehead atoms. The summed E-state index contributed by atoms with van der Waals surface area (Å²) in [5, 5.41) is 2.96. The number of hydrogen-bond donors (Lipinski definition) is 1. The lowest BCUT2D eigenvalue weighted by Crippen LogP contribution is -2.47. The fourth-order valence-electron chi connectivity index (χ4n) is 2.24. The molecule has 0 aromatic carbocycles. The molecule has 2 aromatic heterocycles. The van der Waals surface area contributed by atoms with Crippen LogP contribution in [0.25, 0.3) is 0 Å². The fraction of sp³-hybridized carbons (Fsp3) is 0.385. The van der Waals surface area contributed by atoms with Gasteiger partial charge in [0.25, 0.3) is 0 Å². The molecule has 0 amide bonds. The van der Waals surface area contributed by atoms with Gasteiger partial charge in [0.1, 0.15) is 5.82 Å². The van der Waals surface area contributed by atoms with E-state index < -0.39 is 0 Å². The molecule has 0 radical (unpaired) electrons. The van der Waals surface area contributed by atoms with Gasteiger partial charge in [0.05, 0.1) is 0 Å². The number of hydrogen-bond acceptors (Lipinski definition) is 7. The Morgan fingerprint density at radius 3 is 2.35 bits per heavy atom. The average Bonchev–Trinajstić information content (AvgIpc) is 2.56. The monoisotopic (exact) mass is 271 g/mol. The highest BCUT2D eigenvalue weighted by Gasteiger charge is 2.19. The third kappa shape index (κ3) is 2.61. The zero-order valence-electron chi connectivity index (χ0n) is 11.4. The summed E-state index contributed by atoms with van der Waals surface area (Å²) in [6, 6.07) is 3.77. The van der Waals surface area contributed by atoms with Gasteiger partial charge in [0.2, 0.25) is 11.9 Å². The van der Waals surface area contributed by atoms with Crippen LogP contribution in [0.3, 0.4) is 0 Å². The van der Waals surface area contributed by atoms with Gasteiger partial charge >= 0.3 is 0 Å². The van der Waals surface area contributed by atoms with Crippen molar-refractivity contribution in [1.82, 2.24) is 19.9 Å². The second-order valence-corrected chi connectivity index (χ2v) is 4.51. The average molecular weight is 271 g/mol. The molecule has 3 rings (SSSR count). The van der Waals surface area contributed by atoms with Crippen molar-refractivity contribution in [2.45, 2.75) is 0 Å². The lowest BCUT2D eigenvalue weighted by atomic mass is 10.3. The van der Waals surface area contributed by atoms with E-state index in [4.69, 9.17) is 0 Å². The van der Waals surface area contributed by atoms with Gasteiger partial charge in [-0.05, 0) is 12.1 Å². The molecular formula is C13H17N7. The number of nitrogens with one attached hydrogen (secondary N) is 1. The predicted molar refractivity (Wildman–Crippen MR) is 78.0 cm³/mol. The first kappa shape index (κ1) is 12.6. The smallest absolute Gasteiger partial charge is 0.225 e. The van der Waals surface area contributed by atoms with Crippen LogP contribution in [-0.4, -0.2) is 53.2 Å². The van der Waals surface area contributed by atoms with Crippen LogP contribution in [0, 0.1) is 0 Å². The molecule has 0 spiro atoms. The Morgan fingerprint density at radius 1 is 0.950 bits per heavy atom. The van der Waals surface area contributed by atoms with Crippen LogP contribution in [-0.2, 0) is 0 Å². The Morgan fingerprint density at radius 2 is 1.65 bits per heavy atom. The van der Waals surface area contributed by atoms with Crippen LogP contribution in [0.4, 0.5) is 17.7 Å². The van der Waals surface area contributed by atoms with Crippen LogP contribution in [0.5, 0.6) is 0 Å². The van der Waals surface area contributed by atoms with Crippen LogP contribution < -0.4 is 15.1 Å². The van der Waals surface area contributed by atoms with Gasteiger partial charge in [-0.3, -0.25) is 0 Å². The van der Waals surface area contributed by atoms with Crippen molar-refractivity contribution in [2.75, 3.05) is 48.3 Å². The summed E-state index contributed by atoms with van der Waals surface area (Å²) in [4.78, 5) is 21.6. The number of piperazine rings is 1. The molecule has 104 valence electrons. The first-order valence-electron chi connectivity index (χ1n) is 6.64. The van der Waals surface area contributed by atoms with E-state index in [1.807, 2.05) is 19.2 Å². The zero-order valence-corrected chi connectivity index (χ0v) is 11.4. The highest BCUT2D eigenvalue weighted by Crippen LogP contribution is 2.16. The van der Waals surface area contributed by atoms with Crippen LogP contribution in [0.2, 0.25) is 0 Å². The number of nitrogens with zero attached hydrogens (tertiary/aromatic N) is 6. The van der Waals surface area contributed by atoms with Crippen molar-refractivity contribution in [3.8, 4) is 0 Å². The number of rotatable bonds is 3. The van der Waals surface area contributed by atoms with Crippen molar-refractivity contribution in [2.24, 2.45) is 0 Å². The third-order valence-corrected chi connectivity index (χ3v) is 3.30. The Balaban J connectivity index is 1.66. The summed E-state index contributed by atoms with van der Waals surface area (Å²) in [5.74, 6) is 2.40. The van der Waals surface area contributed by atoms with E-state index in [2.05, 4.69) is 35.1 Å². The summed E-state index contributed by atoms with van der Waals surface area (Å²) in [5.41, 5.74) is 0. The molecule has 0 atom stereocenters. The molecule has 1 N–H and O–H groups in total. The molecule has 7 heteroatoms. The van der Waals surface area contributed by atoms with Gasteiger partial charge in [0, 0.05) is 51.8 Å². The summed E-state index contributed by atoms with van der Waals surface area (Å²) in [6.07, 6.45) is 5.33. The first-order chi connectivity index (χ1) is 9.86. The number of aromatic nitrogens is 4. The maximum absolute atomic E-state index is 4.47. The van der Waals surface area contributed by atoms with Gasteiger partial charge in [-0.1, -0.05) is 0 Å². The number of anilines is 3. The third-order valence-electron chi connectivity index (χ3n) is 3.30. The molecule has 2 aromatic rings. The molecule has 0 saturated carbocycles.